The molecular formula is C19H24N4O2. The zero-order valence-corrected chi connectivity index (χ0v) is 14.4. The molecule has 132 valence electrons. The van der Waals surface area contributed by atoms with Gasteiger partial charge in [0.25, 0.3) is 0 Å². The van der Waals surface area contributed by atoms with Crippen molar-refractivity contribution >= 4 is 11.8 Å². The van der Waals surface area contributed by atoms with Crippen LogP contribution in [0, 0.1) is 0 Å². The molecule has 1 aromatic carbocycles. The van der Waals surface area contributed by atoms with Crippen LogP contribution in [0.25, 0.3) is 0 Å². The van der Waals surface area contributed by atoms with Crippen molar-refractivity contribution in [3.63, 3.8) is 0 Å². The molecule has 25 heavy (non-hydrogen) atoms. The number of hydrogen-bond donors (Lipinski definition) is 2. The van der Waals surface area contributed by atoms with Crippen molar-refractivity contribution in [2.75, 3.05) is 32.1 Å². The maximum absolute atomic E-state index is 12.2. The van der Waals surface area contributed by atoms with Crippen molar-refractivity contribution in [2.45, 2.75) is 18.9 Å². The highest BCUT2D eigenvalue weighted by molar-refractivity contribution is 5.88. The fourth-order valence-corrected chi connectivity index (χ4v) is 3.15. The molecule has 0 aliphatic carbocycles. The second-order valence-corrected chi connectivity index (χ2v) is 6.09. The van der Waals surface area contributed by atoms with Gasteiger partial charge in [0.05, 0.1) is 13.2 Å². The molecule has 1 fully saturated rings. The topological polar surface area (TPSA) is 66.5 Å². The van der Waals surface area contributed by atoms with E-state index < -0.39 is 0 Å². The molecule has 1 aliphatic heterocycles. The van der Waals surface area contributed by atoms with Crippen LogP contribution in [0.3, 0.4) is 0 Å². The second kappa shape index (κ2) is 8.48. The van der Waals surface area contributed by atoms with Gasteiger partial charge in [-0.3, -0.25) is 10.2 Å². The first-order valence-corrected chi connectivity index (χ1v) is 8.60. The van der Waals surface area contributed by atoms with Crippen molar-refractivity contribution in [3.8, 4) is 5.75 Å². The molecule has 6 nitrogen and oxygen atoms in total. The Morgan fingerprint density at radius 2 is 2.08 bits per heavy atom. The number of ether oxygens (including phenoxy) is 1. The zero-order chi connectivity index (χ0) is 17.5. The largest absolute Gasteiger partial charge is 0.497 e. The van der Waals surface area contributed by atoms with Crippen LogP contribution in [0.15, 0.2) is 48.7 Å². The highest BCUT2D eigenvalue weighted by Crippen LogP contribution is 2.27. The lowest BCUT2D eigenvalue weighted by Crippen LogP contribution is -2.38. The predicted octanol–water partition coefficient (Wildman–Crippen LogP) is 3.05. The fourth-order valence-electron chi connectivity index (χ4n) is 3.15. The molecule has 1 saturated heterocycles. The lowest BCUT2D eigenvalue weighted by molar-refractivity contribution is 0.227. The fraction of sp³-hybridized carbons (Fsp3) is 0.368. The normalized spacial score (nSPS) is 15.6. The van der Waals surface area contributed by atoms with E-state index in [-0.39, 0.29) is 12.1 Å². The Morgan fingerprint density at radius 3 is 2.80 bits per heavy atom. The van der Waals surface area contributed by atoms with E-state index in [1.807, 2.05) is 30.3 Å². The van der Waals surface area contributed by atoms with Crippen molar-refractivity contribution in [2.24, 2.45) is 0 Å². The van der Waals surface area contributed by atoms with Crippen molar-refractivity contribution < 1.29 is 9.53 Å². The molecule has 2 amide bonds. The Balaban J connectivity index is 1.66. The summed E-state index contributed by atoms with van der Waals surface area (Å²) in [5, 5.41) is 5.73. The van der Waals surface area contributed by atoms with E-state index >= 15 is 0 Å². The Kier molecular flexibility index (Phi) is 5.85. The number of methoxy groups -OCH3 is 1. The Morgan fingerprint density at radius 1 is 1.24 bits per heavy atom. The number of aromatic nitrogens is 1. The third-order valence-corrected chi connectivity index (χ3v) is 4.42. The van der Waals surface area contributed by atoms with Gasteiger partial charge in [0, 0.05) is 12.7 Å². The summed E-state index contributed by atoms with van der Waals surface area (Å²) in [5.74, 6) is 1.37. The summed E-state index contributed by atoms with van der Waals surface area (Å²) < 4.78 is 5.35. The summed E-state index contributed by atoms with van der Waals surface area (Å²) in [5.41, 5.74) is 1.15. The second-order valence-electron chi connectivity index (χ2n) is 6.09. The third-order valence-electron chi connectivity index (χ3n) is 4.42. The van der Waals surface area contributed by atoms with Crippen LogP contribution in [-0.4, -0.2) is 42.7 Å². The number of nitrogens with zero attached hydrogens (tertiary/aromatic N) is 2. The minimum absolute atomic E-state index is 0.132. The van der Waals surface area contributed by atoms with Gasteiger partial charge in [0.2, 0.25) is 0 Å². The van der Waals surface area contributed by atoms with E-state index in [0.29, 0.717) is 12.4 Å². The molecular weight excluding hydrogens is 316 g/mol. The lowest BCUT2D eigenvalue weighted by atomic mass is 10.1. The SMILES string of the molecule is COc1cccc([C@@H](CNC(=O)Nc2ccccn2)N2CCCC2)c1. The summed E-state index contributed by atoms with van der Waals surface area (Å²) in [7, 11) is 1.67. The van der Waals surface area contributed by atoms with Gasteiger partial charge in [-0.15, -0.1) is 0 Å². The van der Waals surface area contributed by atoms with Gasteiger partial charge in [0.15, 0.2) is 0 Å². The lowest BCUT2D eigenvalue weighted by Gasteiger charge is -2.28. The van der Waals surface area contributed by atoms with Crippen LogP contribution in [0.5, 0.6) is 5.75 Å². The number of anilines is 1. The summed E-state index contributed by atoms with van der Waals surface area (Å²) in [6.07, 6.45) is 4.04. The highest BCUT2D eigenvalue weighted by atomic mass is 16.5. The molecule has 6 heteroatoms. The van der Waals surface area contributed by atoms with E-state index in [1.54, 1.807) is 19.4 Å². The molecule has 0 unspecified atom stereocenters. The maximum atomic E-state index is 12.2. The van der Waals surface area contributed by atoms with Gasteiger partial charge in [-0.25, -0.2) is 9.78 Å². The Bertz CT molecular complexity index is 687. The van der Waals surface area contributed by atoms with Gasteiger partial charge in [0.1, 0.15) is 11.6 Å². The molecule has 0 spiro atoms. The smallest absolute Gasteiger partial charge is 0.320 e. The number of rotatable bonds is 6. The van der Waals surface area contributed by atoms with Crippen LogP contribution in [0.1, 0.15) is 24.4 Å². The molecule has 2 aromatic rings. The minimum Gasteiger partial charge on any atom is -0.497 e. The van der Waals surface area contributed by atoms with Gasteiger partial charge in [-0.05, 0) is 55.8 Å². The monoisotopic (exact) mass is 340 g/mol. The summed E-state index contributed by atoms with van der Waals surface area (Å²) >= 11 is 0. The first kappa shape index (κ1) is 17.2. The van der Waals surface area contributed by atoms with Crippen molar-refractivity contribution in [1.82, 2.24) is 15.2 Å². The van der Waals surface area contributed by atoms with Gasteiger partial charge in [-0.1, -0.05) is 18.2 Å². The van der Waals surface area contributed by atoms with Crippen LogP contribution < -0.4 is 15.4 Å². The van der Waals surface area contributed by atoms with E-state index in [4.69, 9.17) is 4.74 Å². The number of carbonyl (C=O) groups is 1. The number of likely N-dealkylation sites (tertiary alicyclic amines) is 1. The van der Waals surface area contributed by atoms with Gasteiger partial charge >= 0.3 is 6.03 Å². The number of benzene rings is 1. The van der Waals surface area contributed by atoms with Gasteiger partial charge in [-0.2, -0.15) is 0 Å². The maximum Gasteiger partial charge on any atom is 0.320 e. The summed E-state index contributed by atoms with van der Waals surface area (Å²) in [6.45, 7) is 2.63. The third kappa shape index (κ3) is 4.70. The highest BCUT2D eigenvalue weighted by Gasteiger charge is 2.24. The van der Waals surface area contributed by atoms with Crippen LogP contribution in [0.2, 0.25) is 0 Å². The molecule has 2 heterocycles. The zero-order valence-electron chi connectivity index (χ0n) is 14.4. The van der Waals surface area contributed by atoms with Crippen LogP contribution in [-0.2, 0) is 0 Å². The predicted molar refractivity (Wildman–Crippen MR) is 97.8 cm³/mol. The number of urea groups is 1. The minimum atomic E-state index is -0.245. The van der Waals surface area contributed by atoms with E-state index in [0.717, 1.165) is 24.4 Å². The standard InChI is InChI=1S/C19H24N4O2/c1-25-16-8-6-7-15(13-16)17(23-11-4-5-12-23)14-21-19(24)22-18-9-2-3-10-20-18/h2-3,6-10,13,17H,4-5,11-12,14H2,1H3,(H2,20,21,22,24)/t17-/m1/s1. The molecule has 3 rings (SSSR count). The molecule has 1 atom stereocenters. The Hall–Kier alpha value is -2.60. The Labute approximate surface area is 148 Å². The molecule has 0 radical (unpaired) electrons. The molecule has 0 saturated carbocycles. The number of pyridine rings is 1. The quantitative estimate of drug-likeness (QED) is 0.848. The van der Waals surface area contributed by atoms with Crippen molar-refractivity contribution in [1.29, 1.82) is 0 Å². The first-order chi connectivity index (χ1) is 12.3. The number of amides is 2. The van der Waals surface area contributed by atoms with Crippen LogP contribution in [0.4, 0.5) is 10.6 Å². The number of hydrogen-bond acceptors (Lipinski definition) is 4. The molecule has 0 bridgehead atoms. The first-order valence-electron chi connectivity index (χ1n) is 8.60. The van der Waals surface area contributed by atoms with E-state index in [9.17, 15) is 4.79 Å². The van der Waals surface area contributed by atoms with Crippen molar-refractivity contribution in [3.05, 3.63) is 54.2 Å². The summed E-state index contributed by atoms with van der Waals surface area (Å²) in [6, 6.07) is 13.4. The molecule has 1 aromatic heterocycles. The van der Waals surface area contributed by atoms with Crippen LogP contribution >= 0.6 is 0 Å². The number of nitrogens with one attached hydrogen (secondary N) is 2. The number of carbonyl (C=O) groups excluding carboxylic acids is 1. The molecule has 2 N–H and O–H groups in total. The van der Waals surface area contributed by atoms with E-state index in [1.165, 1.54) is 12.8 Å². The average Bonchev–Trinajstić information content (AvgIpc) is 3.17. The summed E-state index contributed by atoms with van der Waals surface area (Å²) in [4.78, 5) is 18.7. The van der Waals surface area contributed by atoms with E-state index in [2.05, 4.69) is 26.6 Å². The van der Waals surface area contributed by atoms with Gasteiger partial charge < -0.3 is 10.1 Å². The average molecular weight is 340 g/mol. The molecule has 1 aliphatic rings.